The summed E-state index contributed by atoms with van der Waals surface area (Å²) in [4.78, 5) is 15.0. The summed E-state index contributed by atoms with van der Waals surface area (Å²) in [6.45, 7) is 2.13. The van der Waals surface area contributed by atoms with Gasteiger partial charge in [0.25, 0.3) is 5.91 Å². The van der Waals surface area contributed by atoms with Crippen LogP contribution >= 0.6 is 0 Å². The highest BCUT2D eigenvalue weighted by Crippen LogP contribution is 2.09. The number of carbonyl (C=O) groups excluding carboxylic acids is 1. The van der Waals surface area contributed by atoms with Gasteiger partial charge in [-0.15, -0.1) is 0 Å². The van der Waals surface area contributed by atoms with Crippen molar-refractivity contribution in [1.29, 1.82) is 0 Å². The number of amides is 1. The number of guanidine groups is 1. The molecule has 0 heterocycles. The van der Waals surface area contributed by atoms with Gasteiger partial charge in [0, 0.05) is 5.56 Å². The van der Waals surface area contributed by atoms with Gasteiger partial charge in [0.15, 0.2) is 5.96 Å². The summed E-state index contributed by atoms with van der Waals surface area (Å²) in [6, 6.07) is 7.40. The quantitative estimate of drug-likeness (QED) is 0.594. The maximum absolute atomic E-state index is 11.5. The fourth-order valence-corrected chi connectivity index (χ4v) is 1.42. The van der Waals surface area contributed by atoms with Gasteiger partial charge in [-0.05, 0) is 30.5 Å². The van der Waals surface area contributed by atoms with E-state index >= 15 is 0 Å². The molecule has 1 rings (SSSR count). The van der Waals surface area contributed by atoms with Gasteiger partial charge in [0.05, 0.1) is 0 Å². The SMILES string of the molecule is CCCCc1cccc(C(=O)N=C(N)N)c1. The molecule has 0 fully saturated rings. The molecule has 0 saturated carbocycles. The number of rotatable bonds is 4. The second-order valence-corrected chi connectivity index (χ2v) is 3.65. The molecule has 1 aromatic rings. The molecule has 1 aromatic carbocycles. The number of unbranched alkanes of at least 4 members (excludes halogenated alkanes) is 1. The smallest absolute Gasteiger partial charge is 0.280 e. The summed E-state index contributed by atoms with van der Waals surface area (Å²) < 4.78 is 0. The monoisotopic (exact) mass is 219 g/mol. The second-order valence-electron chi connectivity index (χ2n) is 3.65. The summed E-state index contributed by atoms with van der Waals surface area (Å²) >= 11 is 0. The Morgan fingerprint density at radius 1 is 1.38 bits per heavy atom. The van der Waals surface area contributed by atoms with Crippen molar-refractivity contribution in [2.45, 2.75) is 26.2 Å². The zero-order valence-electron chi connectivity index (χ0n) is 9.44. The standard InChI is InChI=1S/C12H17N3O/c1-2-3-5-9-6-4-7-10(8-9)11(16)15-12(13)14/h4,6-8H,2-3,5H2,1H3,(H4,13,14,15,16). The van der Waals surface area contributed by atoms with Gasteiger partial charge in [-0.3, -0.25) is 4.79 Å². The number of nitrogens with zero attached hydrogens (tertiary/aromatic N) is 1. The van der Waals surface area contributed by atoms with E-state index in [2.05, 4.69) is 11.9 Å². The first-order valence-electron chi connectivity index (χ1n) is 5.36. The summed E-state index contributed by atoms with van der Waals surface area (Å²) in [7, 11) is 0. The van der Waals surface area contributed by atoms with E-state index in [9.17, 15) is 4.79 Å². The topological polar surface area (TPSA) is 81.5 Å². The molecule has 4 heteroatoms. The number of hydrogen-bond acceptors (Lipinski definition) is 1. The van der Waals surface area contributed by atoms with Crippen LogP contribution in [0.2, 0.25) is 0 Å². The first kappa shape index (κ1) is 12.2. The Bertz CT molecular complexity index is 395. The molecule has 0 aliphatic heterocycles. The Balaban J connectivity index is 2.81. The Hall–Kier alpha value is -1.84. The first-order chi connectivity index (χ1) is 7.63. The van der Waals surface area contributed by atoms with E-state index in [1.165, 1.54) is 0 Å². The first-order valence-corrected chi connectivity index (χ1v) is 5.36. The molecular weight excluding hydrogens is 202 g/mol. The zero-order valence-corrected chi connectivity index (χ0v) is 9.44. The van der Waals surface area contributed by atoms with Gasteiger partial charge < -0.3 is 11.5 Å². The van der Waals surface area contributed by atoms with E-state index in [0.29, 0.717) is 5.56 Å². The van der Waals surface area contributed by atoms with E-state index in [4.69, 9.17) is 11.5 Å². The number of aryl methyl sites for hydroxylation is 1. The van der Waals surface area contributed by atoms with E-state index in [1.807, 2.05) is 18.2 Å². The van der Waals surface area contributed by atoms with Crippen molar-refractivity contribution in [2.24, 2.45) is 16.5 Å². The molecule has 0 bridgehead atoms. The Kier molecular flexibility index (Phi) is 4.51. The van der Waals surface area contributed by atoms with Crippen molar-refractivity contribution in [3.8, 4) is 0 Å². The number of aliphatic imine (C=N–C) groups is 1. The molecule has 0 radical (unpaired) electrons. The minimum Gasteiger partial charge on any atom is -0.370 e. The lowest BCUT2D eigenvalue weighted by molar-refractivity contribution is 0.100. The van der Waals surface area contributed by atoms with Gasteiger partial charge in [-0.1, -0.05) is 25.5 Å². The minimum absolute atomic E-state index is 0.205. The van der Waals surface area contributed by atoms with Crippen LogP contribution in [0.4, 0.5) is 0 Å². The van der Waals surface area contributed by atoms with Crippen molar-refractivity contribution < 1.29 is 4.79 Å². The van der Waals surface area contributed by atoms with Crippen molar-refractivity contribution in [1.82, 2.24) is 0 Å². The average Bonchev–Trinajstić information content (AvgIpc) is 2.26. The van der Waals surface area contributed by atoms with Gasteiger partial charge in [0.1, 0.15) is 0 Å². The van der Waals surface area contributed by atoms with Crippen LogP contribution in [0.15, 0.2) is 29.3 Å². The van der Waals surface area contributed by atoms with Crippen LogP contribution in [-0.2, 0) is 6.42 Å². The third-order valence-electron chi connectivity index (χ3n) is 2.22. The van der Waals surface area contributed by atoms with Crippen LogP contribution in [0.1, 0.15) is 35.7 Å². The van der Waals surface area contributed by atoms with Crippen molar-refractivity contribution in [2.75, 3.05) is 0 Å². The molecule has 0 unspecified atom stereocenters. The Labute approximate surface area is 95.4 Å². The van der Waals surface area contributed by atoms with Gasteiger partial charge in [-0.25, -0.2) is 0 Å². The lowest BCUT2D eigenvalue weighted by atomic mass is 10.1. The highest BCUT2D eigenvalue weighted by molar-refractivity contribution is 6.01. The molecule has 4 nitrogen and oxygen atoms in total. The molecule has 1 amide bonds. The van der Waals surface area contributed by atoms with E-state index in [0.717, 1.165) is 24.8 Å². The Morgan fingerprint density at radius 3 is 2.75 bits per heavy atom. The fraction of sp³-hybridized carbons (Fsp3) is 0.333. The number of benzene rings is 1. The van der Waals surface area contributed by atoms with Crippen molar-refractivity contribution in [3.05, 3.63) is 35.4 Å². The maximum Gasteiger partial charge on any atom is 0.280 e. The molecule has 86 valence electrons. The summed E-state index contributed by atoms with van der Waals surface area (Å²) in [5.74, 6) is -0.595. The lowest BCUT2D eigenvalue weighted by Gasteiger charge is -2.01. The largest absolute Gasteiger partial charge is 0.370 e. The fourth-order valence-electron chi connectivity index (χ4n) is 1.42. The normalized spacial score (nSPS) is 9.81. The van der Waals surface area contributed by atoms with Crippen LogP contribution in [0, 0.1) is 0 Å². The molecule has 16 heavy (non-hydrogen) atoms. The molecule has 0 aliphatic rings. The van der Waals surface area contributed by atoms with Crippen LogP contribution in [0.5, 0.6) is 0 Å². The van der Waals surface area contributed by atoms with Crippen LogP contribution in [0.25, 0.3) is 0 Å². The average molecular weight is 219 g/mol. The highest BCUT2D eigenvalue weighted by Gasteiger charge is 2.04. The predicted molar refractivity (Wildman–Crippen MR) is 65.2 cm³/mol. The maximum atomic E-state index is 11.5. The number of hydrogen-bond donors (Lipinski definition) is 2. The van der Waals surface area contributed by atoms with E-state index in [1.54, 1.807) is 6.07 Å². The molecule has 0 aromatic heterocycles. The third kappa shape index (κ3) is 3.73. The lowest BCUT2D eigenvalue weighted by Crippen LogP contribution is -2.24. The highest BCUT2D eigenvalue weighted by atomic mass is 16.1. The third-order valence-corrected chi connectivity index (χ3v) is 2.22. The zero-order chi connectivity index (χ0) is 12.0. The van der Waals surface area contributed by atoms with E-state index < -0.39 is 5.91 Å². The van der Waals surface area contributed by atoms with Crippen LogP contribution < -0.4 is 11.5 Å². The summed E-state index contributed by atoms with van der Waals surface area (Å²) in [5, 5.41) is 0. The molecule has 0 aliphatic carbocycles. The second kappa shape index (κ2) is 5.90. The van der Waals surface area contributed by atoms with Crippen molar-refractivity contribution in [3.63, 3.8) is 0 Å². The molecular formula is C12H17N3O. The summed E-state index contributed by atoms with van der Waals surface area (Å²) in [5.41, 5.74) is 12.0. The Morgan fingerprint density at radius 2 is 2.12 bits per heavy atom. The number of carbonyl (C=O) groups is 1. The van der Waals surface area contributed by atoms with E-state index in [-0.39, 0.29) is 5.96 Å². The molecule has 4 N–H and O–H groups in total. The molecule has 0 spiro atoms. The van der Waals surface area contributed by atoms with Crippen LogP contribution in [0.3, 0.4) is 0 Å². The van der Waals surface area contributed by atoms with Crippen molar-refractivity contribution >= 4 is 11.9 Å². The van der Waals surface area contributed by atoms with Gasteiger partial charge in [-0.2, -0.15) is 4.99 Å². The molecule has 0 atom stereocenters. The van der Waals surface area contributed by atoms with Gasteiger partial charge in [0.2, 0.25) is 0 Å². The number of nitrogens with two attached hydrogens (primary N) is 2. The van der Waals surface area contributed by atoms with Gasteiger partial charge >= 0.3 is 0 Å². The predicted octanol–water partition coefficient (Wildman–Crippen LogP) is 1.44. The molecule has 0 saturated heterocycles. The minimum atomic E-state index is -0.390. The summed E-state index contributed by atoms with van der Waals surface area (Å²) in [6.07, 6.45) is 3.21. The van der Waals surface area contributed by atoms with Crippen LogP contribution in [-0.4, -0.2) is 11.9 Å².